The summed E-state index contributed by atoms with van der Waals surface area (Å²) in [6.45, 7) is 5.06. The molecule has 1 rings (SSSR count). The van der Waals surface area contributed by atoms with Crippen LogP contribution in [0.5, 0.6) is 0 Å². The van der Waals surface area contributed by atoms with Crippen molar-refractivity contribution < 1.29 is 9.18 Å². The fourth-order valence-corrected chi connectivity index (χ4v) is 1.60. The molecule has 0 aliphatic heterocycles. The Hall–Kier alpha value is -2.09. The van der Waals surface area contributed by atoms with Gasteiger partial charge in [-0.2, -0.15) is 5.26 Å². The van der Waals surface area contributed by atoms with Crippen LogP contribution in [-0.4, -0.2) is 25.5 Å². The summed E-state index contributed by atoms with van der Waals surface area (Å²) in [5.41, 5.74) is 0.605. The van der Waals surface area contributed by atoms with Crippen LogP contribution in [0, 0.1) is 17.1 Å². The van der Waals surface area contributed by atoms with Gasteiger partial charge in [0.25, 0.3) is 0 Å². The maximum absolute atomic E-state index is 13.5. The Labute approximate surface area is 106 Å². The number of carbonyl (C=O) groups is 1. The maximum atomic E-state index is 13.5. The van der Waals surface area contributed by atoms with E-state index < -0.39 is 5.82 Å². The predicted molar refractivity (Wildman–Crippen MR) is 67.7 cm³/mol. The Balaban J connectivity index is 2.86. The van der Waals surface area contributed by atoms with E-state index in [0.717, 1.165) is 0 Å². The summed E-state index contributed by atoms with van der Waals surface area (Å²) in [6, 6.07) is 6.11. The third-order valence-electron chi connectivity index (χ3n) is 2.53. The van der Waals surface area contributed by atoms with Crippen LogP contribution in [0.1, 0.15) is 19.4 Å². The van der Waals surface area contributed by atoms with Crippen LogP contribution >= 0.6 is 0 Å². The number of likely N-dealkylation sites (N-methyl/N-ethyl adjacent to an activating group) is 2. The number of halogens is 1. The average molecular weight is 249 g/mol. The lowest BCUT2D eigenvalue weighted by Gasteiger charge is -2.22. The number of hydrogen-bond acceptors (Lipinski definition) is 3. The summed E-state index contributed by atoms with van der Waals surface area (Å²) in [5.74, 6) is -0.673. The highest BCUT2D eigenvalue weighted by Crippen LogP contribution is 2.18. The number of rotatable bonds is 5. The molecule has 1 aromatic carbocycles. The molecule has 1 amide bonds. The summed E-state index contributed by atoms with van der Waals surface area (Å²) in [7, 11) is 0. The third kappa shape index (κ3) is 3.45. The summed E-state index contributed by atoms with van der Waals surface area (Å²) < 4.78 is 13.5. The van der Waals surface area contributed by atoms with Gasteiger partial charge in [0.15, 0.2) is 0 Å². The first-order chi connectivity index (χ1) is 8.62. The molecule has 0 atom stereocenters. The van der Waals surface area contributed by atoms with E-state index in [1.165, 1.54) is 12.1 Å². The quantitative estimate of drug-likeness (QED) is 0.863. The summed E-state index contributed by atoms with van der Waals surface area (Å²) in [6.07, 6.45) is 0. The largest absolute Gasteiger partial charge is 0.362 e. The Morgan fingerprint density at radius 1 is 1.50 bits per heavy atom. The van der Waals surface area contributed by atoms with E-state index in [2.05, 4.69) is 5.32 Å². The van der Waals surface area contributed by atoms with Crippen molar-refractivity contribution in [1.82, 2.24) is 5.32 Å². The average Bonchev–Trinajstić information content (AvgIpc) is 2.36. The van der Waals surface area contributed by atoms with Crippen molar-refractivity contribution in [2.45, 2.75) is 13.8 Å². The van der Waals surface area contributed by atoms with Gasteiger partial charge < -0.3 is 10.2 Å². The highest BCUT2D eigenvalue weighted by molar-refractivity contribution is 5.81. The van der Waals surface area contributed by atoms with Crippen molar-refractivity contribution in [2.75, 3.05) is 24.5 Å². The van der Waals surface area contributed by atoms with Crippen molar-refractivity contribution in [3.05, 3.63) is 29.6 Å². The maximum Gasteiger partial charge on any atom is 0.239 e. The fraction of sp³-hybridized carbons (Fsp3) is 0.385. The number of hydrogen-bond donors (Lipinski definition) is 1. The molecule has 0 unspecified atom stereocenters. The van der Waals surface area contributed by atoms with Crippen LogP contribution in [0.3, 0.4) is 0 Å². The van der Waals surface area contributed by atoms with Gasteiger partial charge in [0.2, 0.25) is 5.91 Å². The second-order valence-corrected chi connectivity index (χ2v) is 3.74. The monoisotopic (exact) mass is 249 g/mol. The van der Waals surface area contributed by atoms with Gasteiger partial charge in [-0.15, -0.1) is 0 Å². The smallest absolute Gasteiger partial charge is 0.239 e. The Bertz CT molecular complexity index is 468. The van der Waals surface area contributed by atoms with E-state index in [4.69, 9.17) is 5.26 Å². The SMILES string of the molecule is CCNC(=O)CN(CC)c1ccc(C#N)c(F)c1. The van der Waals surface area contributed by atoms with Gasteiger partial charge in [-0.3, -0.25) is 4.79 Å². The molecule has 5 heteroatoms. The predicted octanol–water partition coefficient (Wildman–Crippen LogP) is 1.66. The lowest BCUT2D eigenvalue weighted by molar-refractivity contribution is -0.119. The summed E-state index contributed by atoms with van der Waals surface area (Å²) >= 11 is 0. The van der Waals surface area contributed by atoms with Gasteiger partial charge >= 0.3 is 0 Å². The lowest BCUT2D eigenvalue weighted by Crippen LogP contribution is -2.37. The van der Waals surface area contributed by atoms with E-state index >= 15 is 0 Å². The van der Waals surface area contributed by atoms with Crippen LogP contribution < -0.4 is 10.2 Å². The van der Waals surface area contributed by atoms with Crippen LogP contribution in [0.25, 0.3) is 0 Å². The first-order valence-electron chi connectivity index (χ1n) is 5.83. The minimum absolute atomic E-state index is 0.00723. The van der Waals surface area contributed by atoms with Crippen LogP contribution in [0.15, 0.2) is 18.2 Å². The molecular weight excluding hydrogens is 233 g/mol. The molecule has 0 saturated carbocycles. The van der Waals surface area contributed by atoms with Crippen molar-refractivity contribution in [3.8, 4) is 6.07 Å². The molecule has 96 valence electrons. The molecule has 0 aromatic heterocycles. The second-order valence-electron chi connectivity index (χ2n) is 3.74. The third-order valence-corrected chi connectivity index (χ3v) is 2.53. The minimum Gasteiger partial charge on any atom is -0.362 e. The van der Waals surface area contributed by atoms with E-state index in [1.807, 2.05) is 13.8 Å². The van der Waals surface area contributed by atoms with Gasteiger partial charge in [0, 0.05) is 18.8 Å². The van der Waals surface area contributed by atoms with Gasteiger partial charge in [0.05, 0.1) is 12.1 Å². The lowest BCUT2D eigenvalue weighted by atomic mass is 10.2. The molecule has 0 spiro atoms. The molecule has 0 fully saturated rings. The van der Waals surface area contributed by atoms with E-state index in [0.29, 0.717) is 18.8 Å². The number of amides is 1. The number of nitrogens with zero attached hydrogens (tertiary/aromatic N) is 2. The fourth-order valence-electron chi connectivity index (χ4n) is 1.60. The van der Waals surface area contributed by atoms with E-state index in [1.54, 1.807) is 17.0 Å². The molecule has 18 heavy (non-hydrogen) atoms. The van der Waals surface area contributed by atoms with Gasteiger partial charge in [-0.25, -0.2) is 4.39 Å². The van der Waals surface area contributed by atoms with Crippen LogP contribution in [0.4, 0.5) is 10.1 Å². The number of nitrogens with one attached hydrogen (secondary N) is 1. The van der Waals surface area contributed by atoms with Crippen molar-refractivity contribution in [3.63, 3.8) is 0 Å². The molecule has 0 saturated heterocycles. The molecule has 0 radical (unpaired) electrons. The zero-order chi connectivity index (χ0) is 13.5. The van der Waals surface area contributed by atoms with Gasteiger partial charge in [0.1, 0.15) is 11.9 Å². The minimum atomic E-state index is -0.565. The Morgan fingerprint density at radius 3 is 2.72 bits per heavy atom. The van der Waals surface area contributed by atoms with Crippen molar-refractivity contribution in [1.29, 1.82) is 5.26 Å². The van der Waals surface area contributed by atoms with Gasteiger partial charge in [-0.1, -0.05) is 0 Å². The van der Waals surface area contributed by atoms with E-state index in [-0.39, 0.29) is 18.0 Å². The Morgan fingerprint density at radius 2 is 2.22 bits per heavy atom. The first kappa shape index (κ1) is 14.0. The molecule has 0 aliphatic carbocycles. The zero-order valence-corrected chi connectivity index (χ0v) is 10.5. The number of carbonyl (C=O) groups excluding carboxylic acids is 1. The highest BCUT2D eigenvalue weighted by atomic mass is 19.1. The topological polar surface area (TPSA) is 56.1 Å². The Kier molecular flexibility index (Phi) is 5.12. The highest BCUT2D eigenvalue weighted by Gasteiger charge is 2.11. The molecule has 0 heterocycles. The van der Waals surface area contributed by atoms with Crippen molar-refractivity contribution >= 4 is 11.6 Å². The summed E-state index contributed by atoms with van der Waals surface area (Å²) in [4.78, 5) is 13.2. The van der Waals surface area contributed by atoms with Gasteiger partial charge in [-0.05, 0) is 32.0 Å². The molecule has 0 aliphatic rings. The molecule has 4 nitrogen and oxygen atoms in total. The number of anilines is 1. The number of benzene rings is 1. The molecule has 1 aromatic rings. The van der Waals surface area contributed by atoms with Crippen LogP contribution in [-0.2, 0) is 4.79 Å². The molecular formula is C13H16FN3O. The standard InChI is InChI=1S/C13H16FN3O/c1-3-16-13(18)9-17(4-2)11-6-5-10(8-15)12(14)7-11/h5-7H,3-4,9H2,1-2H3,(H,16,18). The first-order valence-corrected chi connectivity index (χ1v) is 5.83. The molecule has 1 N–H and O–H groups in total. The second kappa shape index (κ2) is 6.60. The normalized spacial score (nSPS) is 9.67. The van der Waals surface area contributed by atoms with Crippen molar-refractivity contribution in [2.24, 2.45) is 0 Å². The number of nitriles is 1. The summed E-state index contributed by atoms with van der Waals surface area (Å²) in [5, 5.41) is 11.3. The van der Waals surface area contributed by atoms with E-state index in [9.17, 15) is 9.18 Å². The zero-order valence-electron chi connectivity index (χ0n) is 10.5. The molecule has 0 bridgehead atoms. The van der Waals surface area contributed by atoms with Crippen LogP contribution in [0.2, 0.25) is 0 Å².